The van der Waals surface area contributed by atoms with Crippen LogP contribution in [0.5, 0.6) is 0 Å². The van der Waals surface area contributed by atoms with Gasteiger partial charge in [-0.05, 0) is 30.5 Å². The Morgan fingerprint density at radius 3 is 2.60 bits per heavy atom. The highest BCUT2D eigenvalue weighted by Gasteiger charge is 2.23. The number of benzene rings is 1. The second-order valence-electron chi connectivity index (χ2n) is 5.31. The van der Waals surface area contributed by atoms with Crippen LogP contribution in [0.15, 0.2) is 24.3 Å². The minimum atomic E-state index is -0.442. The molecule has 5 N–H and O–H groups in total. The van der Waals surface area contributed by atoms with E-state index in [0.717, 1.165) is 43.4 Å². The van der Waals surface area contributed by atoms with E-state index >= 15 is 0 Å². The first-order chi connectivity index (χ1) is 9.69. The fraction of sp³-hybridized carbons (Fsp3) is 0.533. The molecule has 2 amide bonds. The van der Waals surface area contributed by atoms with Crippen molar-refractivity contribution < 1.29 is 9.90 Å². The molecule has 0 radical (unpaired) electrons. The van der Waals surface area contributed by atoms with Gasteiger partial charge in [-0.25, -0.2) is 4.79 Å². The van der Waals surface area contributed by atoms with Gasteiger partial charge in [0.05, 0.1) is 12.1 Å². The van der Waals surface area contributed by atoms with Gasteiger partial charge in [0.2, 0.25) is 0 Å². The molecule has 2 rings (SSSR count). The van der Waals surface area contributed by atoms with Crippen LogP contribution in [-0.2, 0) is 6.54 Å². The number of carbonyl (C=O) groups is 1. The quantitative estimate of drug-likeness (QED) is 0.637. The summed E-state index contributed by atoms with van der Waals surface area (Å²) in [5, 5.41) is 15.6. The molecule has 1 aromatic carbocycles. The van der Waals surface area contributed by atoms with Gasteiger partial charge in [0.1, 0.15) is 0 Å². The van der Waals surface area contributed by atoms with E-state index in [2.05, 4.69) is 10.6 Å². The molecule has 1 aromatic rings. The van der Waals surface area contributed by atoms with Gasteiger partial charge in [-0.2, -0.15) is 0 Å². The average molecular weight is 277 g/mol. The molecular formula is C15H23N3O2. The third kappa shape index (κ3) is 4.21. The summed E-state index contributed by atoms with van der Waals surface area (Å²) in [5.74, 6) is 0. The van der Waals surface area contributed by atoms with Crippen molar-refractivity contribution in [2.75, 3.05) is 5.32 Å². The second kappa shape index (κ2) is 7.26. The number of nitrogens with one attached hydrogen (secondary N) is 2. The SMILES string of the molecule is NCc1ccc(NC(=O)NC2CCCCCC2O)cc1. The van der Waals surface area contributed by atoms with Gasteiger partial charge in [0.25, 0.3) is 0 Å². The summed E-state index contributed by atoms with van der Waals surface area (Å²) in [6.07, 6.45) is 4.35. The number of aliphatic hydroxyl groups excluding tert-OH is 1. The maximum absolute atomic E-state index is 11.9. The standard InChI is InChI=1S/C15H23N3O2/c16-10-11-6-8-12(9-7-11)17-15(20)18-13-4-2-1-3-5-14(13)19/h6-9,13-14,19H,1-5,10,16H2,(H2,17,18,20). The van der Waals surface area contributed by atoms with Gasteiger partial charge < -0.3 is 21.5 Å². The van der Waals surface area contributed by atoms with Crippen molar-refractivity contribution >= 4 is 11.7 Å². The van der Waals surface area contributed by atoms with Crippen molar-refractivity contribution in [1.29, 1.82) is 0 Å². The molecule has 5 nitrogen and oxygen atoms in total. The molecule has 5 heteroatoms. The van der Waals surface area contributed by atoms with Crippen LogP contribution in [-0.4, -0.2) is 23.3 Å². The molecule has 0 spiro atoms. The Balaban J connectivity index is 1.87. The molecule has 1 aliphatic carbocycles. The lowest BCUT2D eigenvalue weighted by Gasteiger charge is -2.22. The Morgan fingerprint density at radius 1 is 1.20 bits per heavy atom. The van der Waals surface area contributed by atoms with Crippen LogP contribution >= 0.6 is 0 Å². The van der Waals surface area contributed by atoms with Crippen LogP contribution in [0.1, 0.15) is 37.7 Å². The summed E-state index contributed by atoms with van der Waals surface area (Å²) in [5.41, 5.74) is 7.28. The van der Waals surface area contributed by atoms with E-state index in [1.54, 1.807) is 0 Å². The minimum Gasteiger partial charge on any atom is -0.391 e. The third-order valence-electron chi connectivity index (χ3n) is 3.74. The Hall–Kier alpha value is -1.59. The zero-order valence-corrected chi connectivity index (χ0v) is 11.6. The number of urea groups is 1. The average Bonchev–Trinajstić information content (AvgIpc) is 2.65. The predicted octanol–water partition coefficient (Wildman–Crippen LogP) is 1.96. The molecule has 0 heterocycles. The van der Waals surface area contributed by atoms with Crippen LogP contribution in [0.3, 0.4) is 0 Å². The van der Waals surface area contributed by atoms with Crippen molar-refractivity contribution in [3.63, 3.8) is 0 Å². The van der Waals surface area contributed by atoms with Crippen LogP contribution in [0.4, 0.5) is 10.5 Å². The summed E-state index contributed by atoms with van der Waals surface area (Å²) in [6.45, 7) is 0.487. The molecule has 0 aromatic heterocycles. The number of anilines is 1. The number of rotatable bonds is 3. The van der Waals surface area contributed by atoms with E-state index in [9.17, 15) is 9.90 Å². The molecule has 20 heavy (non-hydrogen) atoms. The fourth-order valence-corrected chi connectivity index (χ4v) is 2.52. The second-order valence-corrected chi connectivity index (χ2v) is 5.31. The topological polar surface area (TPSA) is 87.4 Å². The predicted molar refractivity (Wildman–Crippen MR) is 79.4 cm³/mol. The Bertz CT molecular complexity index is 433. The Labute approximate surface area is 119 Å². The normalized spacial score (nSPS) is 22.9. The Morgan fingerprint density at radius 2 is 1.90 bits per heavy atom. The molecule has 1 fully saturated rings. The van der Waals surface area contributed by atoms with Crippen LogP contribution in [0, 0.1) is 0 Å². The molecule has 0 bridgehead atoms. The van der Waals surface area contributed by atoms with Crippen molar-refractivity contribution in [3.8, 4) is 0 Å². The smallest absolute Gasteiger partial charge is 0.319 e. The lowest BCUT2D eigenvalue weighted by atomic mass is 10.1. The number of hydrogen-bond donors (Lipinski definition) is 4. The Kier molecular flexibility index (Phi) is 5.38. The zero-order chi connectivity index (χ0) is 14.4. The summed E-state index contributed by atoms with van der Waals surface area (Å²) >= 11 is 0. The number of aliphatic hydroxyl groups is 1. The van der Waals surface area contributed by atoms with Crippen molar-refractivity contribution in [1.82, 2.24) is 5.32 Å². The van der Waals surface area contributed by atoms with Crippen molar-refractivity contribution in [2.24, 2.45) is 5.73 Å². The first kappa shape index (κ1) is 14.8. The third-order valence-corrected chi connectivity index (χ3v) is 3.74. The van der Waals surface area contributed by atoms with Crippen molar-refractivity contribution in [3.05, 3.63) is 29.8 Å². The molecule has 0 saturated heterocycles. The first-order valence-electron chi connectivity index (χ1n) is 7.23. The van der Waals surface area contributed by atoms with Gasteiger partial charge in [0.15, 0.2) is 0 Å². The number of carbonyl (C=O) groups excluding carboxylic acids is 1. The van der Waals surface area contributed by atoms with E-state index < -0.39 is 6.10 Å². The van der Waals surface area contributed by atoms with E-state index in [0.29, 0.717) is 6.54 Å². The fourth-order valence-electron chi connectivity index (χ4n) is 2.52. The van der Waals surface area contributed by atoms with Gasteiger partial charge in [0, 0.05) is 12.2 Å². The van der Waals surface area contributed by atoms with E-state index in [4.69, 9.17) is 5.73 Å². The van der Waals surface area contributed by atoms with E-state index in [1.165, 1.54) is 0 Å². The lowest BCUT2D eigenvalue weighted by molar-refractivity contribution is 0.124. The molecule has 0 aliphatic heterocycles. The zero-order valence-electron chi connectivity index (χ0n) is 11.6. The largest absolute Gasteiger partial charge is 0.391 e. The van der Waals surface area contributed by atoms with Gasteiger partial charge in [-0.15, -0.1) is 0 Å². The molecule has 110 valence electrons. The lowest BCUT2D eigenvalue weighted by Crippen LogP contribution is -2.44. The van der Waals surface area contributed by atoms with E-state index in [-0.39, 0.29) is 12.1 Å². The number of nitrogens with two attached hydrogens (primary N) is 1. The maximum Gasteiger partial charge on any atom is 0.319 e. The first-order valence-corrected chi connectivity index (χ1v) is 7.23. The molecule has 2 unspecified atom stereocenters. The minimum absolute atomic E-state index is 0.152. The van der Waals surface area contributed by atoms with Crippen molar-refractivity contribution in [2.45, 2.75) is 50.8 Å². The highest BCUT2D eigenvalue weighted by atomic mass is 16.3. The van der Waals surface area contributed by atoms with Gasteiger partial charge >= 0.3 is 6.03 Å². The van der Waals surface area contributed by atoms with Crippen LogP contribution < -0.4 is 16.4 Å². The van der Waals surface area contributed by atoms with Crippen LogP contribution in [0.25, 0.3) is 0 Å². The molecule has 2 atom stereocenters. The maximum atomic E-state index is 11.9. The highest BCUT2D eigenvalue weighted by Crippen LogP contribution is 2.18. The number of amides is 2. The summed E-state index contributed by atoms with van der Waals surface area (Å²) < 4.78 is 0. The summed E-state index contributed by atoms with van der Waals surface area (Å²) in [4.78, 5) is 11.9. The summed E-state index contributed by atoms with van der Waals surface area (Å²) in [6, 6.07) is 7.00. The van der Waals surface area contributed by atoms with Gasteiger partial charge in [-0.3, -0.25) is 0 Å². The molecule has 1 saturated carbocycles. The molecular weight excluding hydrogens is 254 g/mol. The monoisotopic (exact) mass is 277 g/mol. The van der Waals surface area contributed by atoms with E-state index in [1.807, 2.05) is 24.3 Å². The highest BCUT2D eigenvalue weighted by molar-refractivity contribution is 5.89. The summed E-state index contributed by atoms with van der Waals surface area (Å²) in [7, 11) is 0. The molecule has 1 aliphatic rings. The van der Waals surface area contributed by atoms with Gasteiger partial charge in [-0.1, -0.05) is 31.4 Å². The number of hydrogen-bond acceptors (Lipinski definition) is 3. The van der Waals surface area contributed by atoms with Crippen LogP contribution in [0.2, 0.25) is 0 Å².